The first-order chi connectivity index (χ1) is 6.94. The van der Waals surface area contributed by atoms with E-state index in [2.05, 4.69) is 45.0 Å². The summed E-state index contributed by atoms with van der Waals surface area (Å²) in [5, 5.41) is 0. The molecule has 0 unspecified atom stereocenters. The Kier molecular flexibility index (Phi) is 4.72. The van der Waals surface area contributed by atoms with Crippen LogP contribution in [0.4, 0.5) is 0 Å². The molecular formula is C13H25NS. The molecule has 1 aliphatic rings. The van der Waals surface area contributed by atoms with Gasteiger partial charge in [0.2, 0.25) is 0 Å². The summed E-state index contributed by atoms with van der Waals surface area (Å²) < 4.78 is 0. The van der Waals surface area contributed by atoms with E-state index < -0.39 is 0 Å². The summed E-state index contributed by atoms with van der Waals surface area (Å²) in [6.45, 7) is 9.80. The summed E-state index contributed by atoms with van der Waals surface area (Å²) in [5.41, 5.74) is 1.79. The number of rotatable bonds is 4. The second-order valence-electron chi connectivity index (χ2n) is 5.72. The van der Waals surface area contributed by atoms with E-state index in [0.717, 1.165) is 18.3 Å². The third-order valence-corrected chi connectivity index (χ3v) is 4.08. The lowest BCUT2D eigenvalue weighted by atomic mass is 9.75. The molecule has 0 N–H and O–H groups in total. The number of hydrogen-bond acceptors (Lipinski definition) is 2. The van der Waals surface area contributed by atoms with Gasteiger partial charge in [0.25, 0.3) is 0 Å². The minimum atomic E-state index is 0.567. The number of likely N-dealkylation sites (N-methyl/N-ethyl adjacent to an activating group) is 1. The maximum absolute atomic E-state index is 4.26. The zero-order valence-corrected chi connectivity index (χ0v) is 11.3. The molecule has 15 heavy (non-hydrogen) atoms. The summed E-state index contributed by atoms with van der Waals surface area (Å²) in [7, 11) is 2.22. The molecule has 1 fully saturated rings. The molecule has 0 heterocycles. The molecule has 0 radical (unpaired) electrons. The van der Waals surface area contributed by atoms with Gasteiger partial charge in [-0.15, -0.1) is 0 Å². The fourth-order valence-corrected chi connectivity index (χ4v) is 2.46. The van der Waals surface area contributed by atoms with E-state index in [-0.39, 0.29) is 0 Å². The standard InChI is InChI=1S/C13H25NS/c1-11(10-15)9-14(4)12-5-7-13(2,3)8-6-12/h12,15H,1,5-10H2,2-4H3. The van der Waals surface area contributed by atoms with Crippen LogP contribution in [0.15, 0.2) is 12.2 Å². The largest absolute Gasteiger partial charge is 0.299 e. The molecule has 1 saturated carbocycles. The molecule has 88 valence electrons. The van der Waals surface area contributed by atoms with Gasteiger partial charge in [0.05, 0.1) is 0 Å². The van der Waals surface area contributed by atoms with Gasteiger partial charge in [-0.2, -0.15) is 12.6 Å². The Labute approximate surface area is 100 Å². The van der Waals surface area contributed by atoms with Gasteiger partial charge >= 0.3 is 0 Å². The normalized spacial score (nSPS) is 21.9. The van der Waals surface area contributed by atoms with Gasteiger partial charge in [-0.1, -0.05) is 26.0 Å². The highest BCUT2D eigenvalue weighted by molar-refractivity contribution is 7.80. The van der Waals surface area contributed by atoms with Crippen molar-refractivity contribution in [1.29, 1.82) is 0 Å². The van der Waals surface area contributed by atoms with Crippen LogP contribution in [0.5, 0.6) is 0 Å². The average molecular weight is 227 g/mol. The van der Waals surface area contributed by atoms with E-state index in [1.807, 2.05) is 0 Å². The Balaban J connectivity index is 2.36. The highest BCUT2D eigenvalue weighted by atomic mass is 32.1. The Bertz CT molecular complexity index is 213. The van der Waals surface area contributed by atoms with Crippen molar-refractivity contribution in [2.45, 2.75) is 45.6 Å². The molecule has 2 heteroatoms. The van der Waals surface area contributed by atoms with Gasteiger partial charge in [-0.3, -0.25) is 4.90 Å². The third-order valence-electron chi connectivity index (χ3n) is 3.63. The van der Waals surface area contributed by atoms with Gasteiger partial charge in [0, 0.05) is 18.3 Å². The molecular weight excluding hydrogens is 202 g/mol. The first kappa shape index (κ1) is 13.1. The van der Waals surface area contributed by atoms with Crippen LogP contribution >= 0.6 is 12.6 Å². The Morgan fingerprint density at radius 2 is 1.93 bits per heavy atom. The minimum Gasteiger partial charge on any atom is -0.299 e. The molecule has 0 aromatic heterocycles. The van der Waals surface area contributed by atoms with Crippen molar-refractivity contribution in [3.05, 3.63) is 12.2 Å². The van der Waals surface area contributed by atoms with Crippen molar-refractivity contribution in [3.63, 3.8) is 0 Å². The van der Waals surface area contributed by atoms with Crippen molar-refractivity contribution in [2.75, 3.05) is 19.3 Å². The lowest BCUT2D eigenvalue weighted by Crippen LogP contribution is -2.38. The lowest BCUT2D eigenvalue weighted by Gasteiger charge is -2.38. The molecule has 0 bridgehead atoms. The van der Waals surface area contributed by atoms with Gasteiger partial charge in [-0.25, -0.2) is 0 Å². The van der Waals surface area contributed by atoms with E-state index in [0.29, 0.717) is 5.41 Å². The Morgan fingerprint density at radius 1 is 1.40 bits per heavy atom. The number of nitrogens with zero attached hydrogens (tertiary/aromatic N) is 1. The molecule has 0 aliphatic heterocycles. The van der Waals surface area contributed by atoms with Crippen molar-refractivity contribution < 1.29 is 0 Å². The molecule has 0 atom stereocenters. The van der Waals surface area contributed by atoms with Crippen LogP contribution in [0.2, 0.25) is 0 Å². The molecule has 1 nitrogen and oxygen atoms in total. The molecule has 0 aromatic rings. The van der Waals surface area contributed by atoms with Gasteiger partial charge < -0.3 is 0 Å². The molecule has 1 aliphatic carbocycles. The fraction of sp³-hybridized carbons (Fsp3) is 0.846. The van der Waals surface area contributed by atoms with E-state index in [4.69, 9.17) is 0 Å². The first-order valence-corrected chi connectivity index (χ1v) is 6.55. The van der Waals surface area contributed by atoms with Crippen LogP contribution in [-0.2, 0) is 0 Å². The van der Waals surface area contributed by atoms with E-state index in [1.54, 1.807) is 0 Å². The van der Waals surface area contributed by atoms with Crippen molar-refractivity contribution in [3.8, 4) is 0 Å². The summed E-state index contributed by atoms with van der Waals surface area (Å²) in [4.78, 5) is 2.45. The first-order valence-electron chi connectivity index (χ1n) is 5.92. The third kappa shape index (κ3) is 4.20. The van der Waals surface area contributed by atoms with Crippen LogP contribution in [0, 0.1) is 5.41 Å². The highest BCUT2D eigenvalue weighted by Crippen LogP contribution is 2.36. The summed E-state index contributed by atoms with van der Waals surface area (Å²) in [6, 6.07) is 0.759. The van der Waals surface area contributed by atoms with Crippen molar-refractivity contribution >= 4 is 12.6 Å². The second-order valence-corrected chi connectivity index (χ2v) is 6.03. The van der Waals surface area contributed by atoms with Crippen molar-refractivity contribution in [2.24, 2.45) is 5.41 Å². The molecule has 0 saturated heterocycles. The van der Waals surface area contributed by atoms with Crippen molar-refractivity contribution in [1.82, 2.24) is 4.90 Å². The van der Waals surface area contributed by atoms with Crippen LogP contribution in [-0.4, -0.2) is 30.3 Å². The predicted octanol–water partition coefficient (Wildman–Crippen LogP) is 3.37. The predicted molar refractivity (Wildman–Crippen MR) is 71.7 cm³/mol. The fourth-order valence-electron chi connectivity index (χ4n) is 2.36. The second kappa shape index (κ2) is 5.40. The monoisotopic (exact) mass is 227 g/mol. The quantitative estimate of drug-likeness (QED) is 0.569. The van der Waals surface area contributed by atoms with Crippen LogP contribution in [0.1, 0.15) is 39.5 Å². The molecule has 0 aromatic carbocycles. The van der Waals surface area contributed by atoms with Gasteiger partial charge in [0.1, 0.15) is 0 Å². The topological polar surface area (TPSA) is 3.24 Å². The van der Waals surface area contributed by atoms with Gasteiger partial charge in [-0.05, 0) is 38.1 Å². The zero-order chi connectivity index (χ0) is 11.5. The average Bonchev–Trinajstić information content (AvgIpc) is 2.17. The molecule has 1 rings (SSSR count). The van der Waals surface area contributed by atoms with Crippen LogP contribution < -0.4 is 0 Å². The molecule has 0 amide bonds. The van der Waals surface area contributed by atoms with Crippen LogP contribution in [0.3, 0.4) is 0 Å². The SMILES string of the molecule is C=C(CS)CN(C)C1CCC(C)(C)CC1. The number of hydrogen-bond donors (Lipinski definition) is 1. The smallest absolute Gasteiger partial charge is 0.0198 e. The lowest BCUT2D eigenvalue weighted by molar-refractivity contribution is 0.135. The minimum absolute atomic E-state index is 0.567. The highest BCUT2D eigenvalue weighted by Gasteiger charge is 2.28. The Hall–Kier alpha value is 0.0500. The zero-order valence-electron chi connectivity index (χ0n) is 10.4. The summed E-state index contributed by atoms with van der Waals surface area (Å²) in [5.74, 6) is 0.808. The van der Waals surface area contributed by atoms with E-state index in [9.17, 15) is 0 Å². The summed E-state index contributed by atoms with van der Waals surface area (Å²) in [6.07, 6.45) is 5.39. The molecule has 0 spiro atoms. The van der Waals surface area contributed by atoms with E-state index >= 15 is 0 Å². The summed E-state index contributed by atoms with van der Waals surface area (Å²) >= 11 is 4.26. The van der Waals surface area contributed by atoms with Crippen LogP contribution in [0.25, 0.3) is 0 Å². The van der Waals surface area contributed by atoms with Gasteiger partial charge in [0.15, 0.2) is 0 Å². The number of thiol groups is 1. The Morgan fingerprint density at radius 3 is 2.40 bits per heavy atom. The maximum atomic E-state index is 4.26. The van der Waals surface area contributed by atoms with E-state index in [1.165, 1.54) is 31.3 Å². The maximum Gasteiger partial charge on any atom is 0.0198 e.